The third-order valence-corrected chi connectivity index (χ3v) is 2.48. The molecule has 1 aromatic rings. The minimum atomic E-state index is -0.746. The molecule has 0 saturated carbocycles. The number of benzene rings is 1. The van der Waals surface area contributed by atoms with E-state index in [4.69, 9.17) is 10.5 Å². The van der Waals surface area contributed by atoms with Crippen LogP contribution in [-0.2, 0) is 9.53 Å². The minimum absolute atomic E-state index is 0.119. The number of rotatable bonds is 5. The van der Waals surface area contributed by atoms with Crippen LogP contribution in [0.4, 0.5) is 0 Å². The highest BCUT2D eigenvalue weighted by Crippen LogP contribution is 2.18. The van der Waals surface area contributed by atoms with Crippen LogP contribution in [-0.4, -0.2) is 25.7 Å². The Morgan fingerprint density at radius 2 is 1.88 bits per heavy atom. The fourth-order valence-corrected chi connectivity index (χ4v) is 1.35. The quantitative estimate of drug-likeness (QED) is 0.792. The smallest absolute Gasteiger partial charge is 0.326 e. The molecule has 0 aliphatic rings. The van der Waals surface area contributed by atoms with E-state index in [1.54, 1.807) is 0 Å². The largest absolute Gasteiger partial charge is 0.491 e. The molecule has 94 valence electrons. The number of hydrogen-bond donors (Lipinski definition) is 1. The predicted octanol–water partition coefficient (Wildman–Crippen LogP) is 1.69. The van der Waals surface area contributed by atoms with Gasteiger partial charge < -0.3 is 15.2 Å². The third kappa shape index (κ3) is 4.07. The van der Waals surface area contributed by atoms with E-state index < -0.39 is 12.0 Å². The Morgan fingerprint density at radius 3 is 2.35 bits per heavy atom. The molecule has 0 saturated heterocycles. The highest BCUT2D eigenvalue weighted by Gasteiger charge is 2.14. The molecule has 4 nitrogen and oxygen atoms in total. The summed E-state index contributed by atoms with van der Waals surface area (Å²) in [4.78, 5) is 11.0. The number of hydrogen-bond acceptors (Lipinski definition) is 4. The molecule has 0 bridgehead atoms. The molecule has 1 rings (SSSR count). The average molecular weight is 237 g/mol. The lowest BCUT2D eigenvalue weighted by Crippen LogP contribution is -2.37. The fourth-order valence-electron chi connectivity index (χ4n) is 1.35. The summed E-state index contributed by atoms with van der Waals surface area (Å²) in [5, 5.41) is 0. The SMILES string of the molecule is COC(=O)C(N)COc1ccc(C(C)C)cc1. The molecule has 0 heterocycles. The fraction of sp³-hybridized carbons (Fsp3) is 0.462. The summed E-state index contributed by atoms with van der Waals surface area (Å²) >= 11 is 0. The van der Waals surface area contributed by atoms with E-state index in [1.807, 2.05) is 24.3 Å². The van der Waals surface area contributed by atoms with Crippen LogP contribution < -0.4 is 10.5 Å². The number of nitrogens with two attached hydrogens (primary N) is 1. The maximum atomic E-state index is 11.0. The van der Waals surface area contributed by atoms with Gasteiger partial charge in [0.1, 0.15) is 18.4 Å². The highest BCUT2D eigenvalue weighted by molar-refractivity contribution is 5.75. The maximum Gasteiger partial charge on any atom is 0.326 e. The van der Waals surface area contributed by atoms with Crippen LogP contribution in [0.3, 0.4) is 0 Å². The summed E-state index contributed by atoms with van der Waals surface area (Å²) in [7, 11) is 1.31. The van der Waals surface area contributed by atoms with Gasteiger partial charge in [0, 0.05) is 0 Å². The lowest BCUT2D eigenvalue weighted by molar-refractivity contribution is -0.142. The molecular formula is C13H19NO3. The number of carbonyl (C=O) groups is 1. The predicted molar refractivity (Wildman–Crippen MR) is 66.0 cm³/mol. The minimum Gasteiger partial charge on any atom is -0.491 e. The van der Waals surface area contributed by atoms with Crippen molar-refractivity contribution in [2.75, 3.05) is 13.7 Å². The zero-order valence-electron chi connectivity index (χ0n) is 10.5. The topological polar surface area (TPSA) is 61.5 Å². The van der Waals surface area contributed by atoms with Gasteiger partial charge in [-0.15, -0.1) is 0 Å². The van der Waals surface area contributed by atoms with Crippen molar-refractivity contribution in [1.29, 1.82) is 0 Å². The van der Waals surface area contributed by atoms with Crippen molar-refractivity contribution < 1.29 is 14.3 Å². The average Bonchev–Trinajstić information content (AvgIpc) is 2.35. The van der Waals surface area contributed by atoms with Crippen LogP contribution in [0.15, 0.2) is 24.3 Å². The molecule has 0 fully saturated rings. The molecule has 1 aromatic carbocycles. The third-order valence-electron chi connectivity index (χ3n) is 2.48. The molecule has 1 atom stereocenters. The van der Waals surface area contributed by atoms with Crippen LogP contribution in [0.5, 0.6) is 5.75 Å². The molecule has 0 aliphatic heterocycles. The van der Waals surface area contributed by atoms with E-state index in [-0.39, 0.29) is 6.61 Å². The van der Waals surface area contributed by atoms with Crippen molar-refractivity contribution in [3.63, 3.8) is 0 Å². The van der Waals surface area contributed by atoms with Crippen molar-refractivity contribution in [1.82, 2.24) is 0 Å². The lowest BCUT2D eigenvalue weighted by Gasteiger charge is -2.12. The standard InChI is InChI=1S/C13H19NO3/c1-9(2)10-4-6-11(7-5-10)17-8-12(14)13(15)16-3/h4-7,9,12H,8,14H2,1-3H3. The molecule has 0 amide bonds. The summed E-state index contributed by atoms with van der Waals surface area (Å²) < 4.78 is 9.91. The highest BCUT2D eigenvalue weighted by atomic mass is 16.5. The van der Waals surface area contributed by atoms with Crippen molar-refractivity contribution in [3.05, 3.63) is 29.8 Å². The van der Waals surface area contributed by atoms with E-state index in [0.717, 1.165) is 0 Å². The van der Waals surface area contributed by atoms with E-state index >= 15 is 0 Å². The van der Waals surface area contributed by atoms with Gasteiger partial charge in [0.15, 0.2) is 0 Å². The van der Waals surface area contributed by atoms with Gasteiger partial charge in [-0.05, 0) is 23.6 Å². The molecule has 0 radical (unpaired) electrons. The Kier molecular flexibility index (Phi) is 4.97. The molecule has 17 heavy (non-hydrogen) atoms. The van der Waals surface area contributed by atoms with Crippen LogP contribution >= 0.6 is 0 Å². The monoisotopic (exact) mass is 237 g/mol. The van der Waals surface area contributed by atoms with Gasteiger partial charge in [-0.1, -0.05) is 26.0 Å². The molecular weight excluding hydrogens is 218 g/mol. The van der Waals surface area contributed by atoms with Crippen molar-refractivity contribution in [3.8, 4) is 5.75 Å². The molecule has 4 heteroatoms. The van der Waals surface area contributed by atoms with Gasteiger partial charge in [-0.3, -0.25) is 4.79 Å². The van der Waals surface area contributed by atoms with Gasteiger partial charge in [0.05, 0.1) is 7.11 Å². The van der Waals surface area contributed by atoms with Crippen molar-refractivity contribution in [2.24, 2.45) is 5.73 Å². The van der Waals surface area contributed by atoms with Crippen LogP contribution in [0.25, 0.3) is 0 Å². The maximum absolute atomic E-state index is 11.0. The Labute approximate surface area is 102 Å². The van der Waals surface area contributed by atoms with Gasteiger partial charge in [-0.25, -0.2) is 0 Å². The zero-order chi connectivity index (χ0) is 12.8. The first-order valence-corrected chi connectivity index (χ1v) is 5.60. The van der Waals surface area contributed by atoms with Crippen LogP contribution in [0, 0.1) is 0 Å². The van der Waals surface area contributed by atoms with Gasteiger partial charge in [0.2, 0.25) is 0 Å². The Morgan fingerprint density at radius 1 is 1.29 bits per heavy atom. The summed E-state index contributed by atoms with van der Waals surface area (Å²) in [6.07, 6.45) is 0. The number of carbonyl (C=O) groups excluding carboxylic acids is 1. The number of methoxy groups -OCH3 is 1. The summed E-state index contributed by atoms with van der Waals surface area (Å²) in [6.45, 7) is 4.37. The second-order valence-corrected chi connectivity index (χ2v) is 4.16. The molecule has 0 aromatic heterocycles. The van der Waals surface area contributed by atoms with Crippen molar-refractivity contribution in [2.45, 2.75) is 25.8 Å². The second-order valence-electron chi connectivity index (χ2n) is 4.16. The first-order chi connectivity index (χ1) is 8.04. The Bertz CT molecular complexity index is 359. The summed E-state index contributed by atoms with van der Waals surface area (Å²) in [5.74, 6) is 0.721. The molecule has 0 spiro atoms. The Hall–Kier alpha value is -1.55. The van der Waals surface area contributed by atoms with Gasteiger partial charge >= 0.3 is 5.97 Å². The van der Waals surface area contributed by atoms with E-state index in [9.17, 15) is 4.79 Å². The van der Waals surface area contributed by atoms with Crippen LogP contribution in [0.2, 0.25) is 0 Å². The summed E-state index contributed by atoms with van der Waals surface area (Å²) in [6, 6.07) is 7.01. The van der Waals surface area contributed by atoms with Crippen LogP contribution in [0.1, 0.15) is 25.3 Å². The summed E-state index contributed by atoms with van der Waals surface area (Å²) in [5.41, 5.74) is 6.80. The molecule has 1 unspecified atom stereocenters. The second kappa shape index (κ2) is 6.25. The molecule has 2 N–H and O–H groups in total. The molecule has 0 aliphatic carbocycles. The lowest BCUT2D eigenvalue weighted by atomic mass is 10.0. The number of ether oxygens (including phenoxy) is 2. The first-order valence-electron chi connectivity index (χ1n) is 5.60. The normalized spacial score (nSPS) is 12.3. The van der Waals surface area contributed by atoms with E-state index in [1.165, 1.54) is 12.7 Å². The van der Waals surface area contributed by atoms with Gasteiger partial charge in [0.25, 0.3) is 0 Å². The zero-order valence-corrected chi connectivity index (χ0v) is 10.5. The first kappa shape index (κ1) is 13.5. The van der Waals surface area contributed by atoms with Crippen molar-refractivity contribution >= 4 is 5.97 Å². The van der Waals surface area contributed by atoms with Gasteiger partial charge in [-0.2, -0.15) is 0 Å². The van der Waals surface area contributed by atoms with E-state index in [2.05, 4.69) is 18.6 Å². The van der Waals surface area contributed by atoms with E-state index in [0.29, 0.717) is 11.7 Å². The number of esters is 1. The Balaban J connectivity index is 2.50.